The maximum atomic E-state index is 6.20. The lowest BCUT2D eigenvalue weighted by atomic mass is 9.88. The Hall–Kier alpha value is 0.290. The van der Waals surface area contributed by atoms with Gasteiger partial charge < -0.3 is 0 Å². The van der Waals surface area contributed by atoms with Crippen molar-refractivity contribution in [1.82, 2.24) is 0 Å². The fourth-order valence-corrected chi connectivity index (χ4v) is 1.04. The zero-order valence-electron chi connectivity index (χ0n) is 8.45. The number of hydrogen-bond donors (Lipinski definition) is 0. The Balaban J connectivity index is 3.61. The predicted molar refractivity (Wildman–Crippen MR) is 53.2 cm³/mol. The Morgan fingerprint density at radius 1 is 1.09 bits per heavy atom. The lowest BCUT2D eigenvalue weighted by Crippen LogP contribution is -2.20. The Morgan fingerprint density at radius 3 is 1.82 bits per heavy atom. The average Bonchev–Trinajstić information content (AvgIpc) is 1.80. The summed E-state index contributed by atoms with van der Waals surface area (Å²) in [6.45, 7) is 11.1. The molecule has 0 rings (SSSR count). The van der Waals surface area contributed by atoms with E-state index in [0.29, 0.717) is 5.38 Å². The van der Waals surface area contributed by atoms with Gasteiger partial charge in [0.1, 0.15) is 0 Å². The second-order valence-electron chi connectivity index (χ2n) is 4.80. The van der Waals surface area contributed by atoms with Crippen LogP contribution < -0.4 is 0 Å². The van der Waals surface area contributed by atoms with Crippen LogP contribution in [-0.4, -0.2) is 5.38 Å². The monoisotopic (exact) mass is 176 g/mol. The molecule has 11 heavy (non-hydrogen) atoms. The lowest BCUT2D eigenvalue weighted by molar-refractivity contribution is 0.355. The van der Waals surface area contributed by atoms with Gasteiger partial charge in [-0.2, -0.15) is 0 Å². The largest absolute Gasteiger partial charge is 0.122 e. The Labute approximate surface area is 76.3 Å². The fourth-order valence-electron chi connectivity index (χ4n) is 0.913. The van der Waals surface area contributed by atoms with E-state index < -0.39 is 0 Å². The van der Waals surface area contributed by atoms with Crippen molar-refractivity contribution in [1.29, 1.82) is 0 Å². The Bertz CT molecular complexity index is 99.9. The molecular weight excluding hydrogens is 156 g/mol. The number of halogens is 1. The molecule has 68 valence electrons. The second kappa shape index (κ2) is 4.35. The zero-order valence-corrected chi connectivity index (χ0v) is 9.20. The minimum Gasteiger partial charge on any atom is -0.122 e. The van der Waals surface area contributed by atoms with Crippen molar-refractivity contribution in [2.75, 3.05) is 0 Å². The summed E-state index contributed by atoms with van der Waals surface area (Å²) in [7, 11) is 0. The van der Waals surface area contributed by atoms with Crippen molar-refractivity contribution in [3.63, 3.8) is 0 Å². The Kier molecular flexibility index (Phi) is 4.46. The van der Waals surface area contributed by atoms with E-state index in [2.05, 4.69) is 34.6 Å². The van der Waals surface area contributed by atoms with Gasteiger partial charge in [-0.15, -0.1) is 11.6 Å². The molecule has 1 unspecified atom stereocenters. The van der Waals surface area contributed by atoms with Crippen LogP contribution in [0.5, 0.6) is 0 Å². The van der Waals surface area contributed by atoms with E-state index in [1.165, 1.54) is 6.42 Å². The predicted octanol–water partition coefficient (Wildman–Crippen LogP) is 4.08. The molecule has 0 aromatic heterocycles. The van der Waals surface area contributed by atoms with Crippen LogP contribution in [-0.2, 0) is 0 Å². The van der Waals surface area contributed by atoms with Crippen LogP contribution in [0.3, 0.4) is 0 Å². The highest BCUT2D eigenvalue weighted by atomic mass is 35.5. The highest BCUT2D eigenvalue weighted by Crippen LogP contribution is 2.28. The first-order valence-electron chi connectivity index (χ1n) is 4.48. The third-order valence-electron chi connectivity index (χ3n) is 1.94. The van der Waals surface area contributed by atoms with Gasteiger partial charge in [-0.3, -0.25) is 0 Å². The van der Waals surface area contributed by atoms with Crippen LogP contribution in [0.1, 0.15) is 47.5 Å². The summed E-state index contributed by atoms with van der Waals surface area (Å²) >= 11 is 6.20. The lowest BCUT2D eigenvalue weighted by Gasteiger charge is -2.25. The van der Waals surface area contributed by atoms with Crippen molar-refractivity contribution >= 4 is 11.6 Å². The Morgan fingerprint density at radius 2 is 1.55 bits per heavy atom. The molecule has 0 aliphatic heterocycles. The molecule has 0 fully saturated rings. The molecule has 0 saturated heterocycles. The topological polar surface area (TPSA) is 0 Å². The van der Waals surface area contributed by atoms with Crippen LogP contribution in [0.2, 0.25) is 0 Å². The van der Waals surface area contributed by atoms with Gasteiger partial charge in [0.25, 0.3) is 0 Å². The van der Waals surface area contributed by atoms with Gasteiger partial charge in [-0.25, -0.2) is 0 Å². The van der Waals surface area contributed by atoms with Crippen molar-refractivity contribution in [3.05, 3.63) is 0 Å². The normalized spacial score (nSPS) is 15.5. The first-order chi connectivity index (χ1) is 4.84. The minimum absolute atomic E-state index is 0.260. The molecule has 0 amide bonds. The third-order valence-corrected chi connectivity index (χ3v) is 2.81. The van der Waals surface area contributed by atoms with Gasteiger partial charge in [0.2, 0.25) is 0 Å². The van der Waals surface area contributed by atoms with Gasteiger partial charge in [0, 0.05) is 5.38 Å². The summed E-state index contributed by atoms with van der Waals surface area (Å²) in [4.78, 5) is 0. The van der Waals surface area contributed by atoms with E-state index in [4.69, 9.17) is 11.6 Å². The number of rotatable bonds is 3. The van der Waals surface area contributed by atoms with Crippen LogP contribution in [0.15, 0.2) is 0 Å². The molecule has 0 aromatic carbocycles. The van der Waals surface area contributed by atoms with Crippen LogP contribution >= 0.6 is 11.6 Å². The molecule has 0 heterocycles. The van der Waals surface area contributed by atoms with E-state index in [9.17, 15) is 0 Å². The van der Waals surface area contributed by atoms with Gasteiger partial charge in [0.15, 0.2) is 0 Å². The summed E-state index contributed by atoms with van der Waals surface area (Å²) < 4.78 is 0. The van der Waals surface area contributed by atoms with E-state index in [1.807, 2.05) is 0 Å². The molecule has 0 radical (unpaired) electrons. The van der Waals surface area contributed by atoms with Gasteiger partial charge >= 0.3 is 0 Å². The van der Waals surface area contributed by atoms with Crippen molar-refractivity contribution in [2.45, 2.75) is 52.8 Å². The summed E-state index contributed by atoms with van der Waals surface area (Å²) in [5, 5.41) is 0.324. The summed E-state index contributed by atoms with van der Waals surface area (Å²) in [6, 6.07) is 0. The molecule has 1 heteroatoms. The zero-order chi connectivity index (χ0) is 9.07. The molecule has 0 bridgehead atoms. The average molecular weight is 177 g/mol. The standard InChI is InChI=1S/C10H21Cl/c1-8(2)6-7-9(11)10(3,4)5/h8-9H,6-7H2,1-5H3. The summed E-state index contributed by atoms with van der Waals surface area (Å²) in [6.07, 6.45) is 2.38. The van der Waals surface area contributed by atoms with E-state index in [-0.39, 0.29) is 5.41 Å². The van der Waals surface area contributed by atoms with E-state index >= 15 is 0 Å². The fraction of sp³-hybridized carbons (Fsp3) is 1.00. The molecular formula is C10H21Cl. The van der Waals surface area contributed by atoms with E-state index in [1.54, 1.807) is 0 Å². The molecule has 0 saturated carbocycles. The van der Waals surface area contributed by atoms with Gasteiger partial charge in [-0.1, -0.05) is 34.6 Å². The molecule has 0 aliphatic carbocycles. The van der Waals surface area contributed by atoms with Gasteiger partial charge in [0.05, 0.1) is 0 Å². The maximum Gasteiger partial charge on any atom is 0.0384 e. The minimum atomic E-state index is 0.260. The SMILES string of the molecule is CC(C)CCC(Cl)C(C)(C)C. The maximum absolute atomic E-state index is 6.20. The molecule has 0 aliphatic rings. The summed E-state index contributed by atoms with van der Waals surface area (Å²) in [5.41, 5.74) is 0.260. The van der Waals surface area contributed by atoms with Crippen LogP contribution in [0.4, 0.5) is 0 Å². The third kappa shape index (κ3) is 5.55. The second-order valence-corrected chi connectivity index (χ2v) is 5.33. The van der Waals surface area contributed by atoms with Gasteiger partial charge in [-0.05, 0) is 24.2 Å². The molecule has 0 N–H and O–H groups in total. The van der Waals surface area contributed by atoms with Crippen molar-refractivity contribution < 1.29 is 0 Å². The van der Waals surface area contributed by atoms with Crippen LogP contribution in [0, 0.1) is 11.3 Å². The summed E-state index contributed by atoms with van der Waals surface area (Å²) in [5.74, 6) is 0.776. The number of alkyl halides is 1. The van der Waals surface area contributed by atoms with Crippen molar-refractivity contribution in [3.8, 4) is 0 Å². The van der Waals surface area contributed by atoms with E-state index in [0.717, 1.165) is 12.3 Å². The highest BCUT2D eigenvalue weighted by molar-refractivity contribution is 6.21. The molecule has 0 spiro atoms. The highest BCUT2D eigenvalue weighted by Gasteiger charge is 2.21. The molecule has 1 atom stereocenters. The first-order valence-corrected chi connectivity index (χ1v) is 4.91. The molecule has 0 nitrogen and oxygen atoms in total. The van der Waals surface area contributed by atoms with Crippen LogP contribution in [0.25, 0.3) is 0 Å². The van der Waals surface area contributed by atoms with Crippen molar-refractivity contribution in [2.24, 2.45) is 11.3 Å². The molecule has 0 aromatic rings. The number of hydrogen-bond acceptors (Lipinski definition) is 0. The quantitative estimate of drug-likeness (QED) is 0.569. The smallest absolute Gasteiger partial charge is 0.0384 e. The first kappa shape index (κ1) is 11.3.